The number of carbonyl (C=O) groups is 1. The molecule has 20 heavy (non-hydrogen) atoms. The summed E-state index contributed by atoms with van der Waals surface area (Å²) in [4.78, 5) is 12.2. The molecular weight excluding hydrogens is 272 g/mol. The lowest BCUT2D eigenvalue weighted by atomic mass is 10.1. The number of benzene rings is 1. The molecule has 106 valence electrons. The van der Waals surface area contributed by atoms with Crippen molar-refractivity contribution in [3.63, 3.8) is 0 Å². The maximum atomic E-state index is 11.1. The average Bonchev–Trinajstić information content (AvgIpc) is 2.99. The van der Waals surface area contributed by atoms with Gasteiger partial charge in [0.2, 0.25) is 0 Å². The minimum Gasteiger partial charge on any atom is -0.490 e. The van der Waals surface area contributed by atoms with E-state index >= 15 is 0 Å². The fraction of sp³-hybridized carbons (Fsp3) is 0.312. The smallest absolute Gasteiger partial charge is 0.169 e. The van der Waals surface area contributed by atoms with Crippen molar-refractivity contribution < 1.29 is 14.3 Å². The molecule has 2 rings (SSSR count). The van der Waals surface area contributed by atoms with Crippen LogP contribution < -0.4 is 9.47 Å². The molecule has 0 N–H and O–H groups in total. The molecule has 0 spiro atoms. The lowest BCUT2D eigenvalue weighted by molar-refractivity contribution is 0.112. The van der Waals surface area contributed by atoms with Gasteiger partial charge in [0.05, 0.1) is 13.2 Å². The molecule has 1 heterocycles. The van der Waals surface area contributed by atoms with Gasteiger partial charge in [-0.25, -0.2) is 0 Å². The molecule has 0 radical (unpaired) electrons. The van der Waals surface area contributed by atoms with Gasteiger partial charge >= 0.3 is 0 Å². The zero-order chi connectivity index (χ0) is 14.4. The third kappa shape index (κ3) is 3.20. The van der Waals surface area contributed by atoms with Crippen LogP contribution in [-0.4, -0.2) is 19.5 Å². The van der Waals surface area contributed by atoms with E-state index in [1.165, 1.54) is 0 Å². The van der Waals surface area contributed by atoms with Crippen LogP contribution in [0.4, 0.5) is 0 Å². The second kappa shape index (κ2) is 7.10. The summed E-state index contributed by atoms with van der Waals surface area (Å²) in [5, 5.41) is 2.01. The maximum Gasteiger partial charge on any atom is 0.169 e. The molecule has 0 fully saturated rings. The number of ether oxygens (including phenoxy) is 2. The Labute approximate surface area is 123 Å². The molecule has 0 aliphatic carbocycles. The number of hydrogen-bond acceptors (Lipinski definition) is 4. The Hall–Kier alpha value is -1.81. The maximum absolute atomic E-state index is 11.1. The molecular formula is C16H18O3S. The van der Waals surface area contributed by atoms with Gasteiger partial charge in [-0.05, 0) is 36.9 Å². The van der Waals surface area contributed by atoms with Crippen molar-refractivity contribution in [2.45, 2.75) is 20.3 Å². The van der Waals surface area contributed by atoms with Crippen LogP contribution in [0, 0.1) is 0 Å². The van der Waals surface area contributed by atoms with Crippen LogP contribution in [0.25, 0.3) is 10.4 Å². The molecule has 0 atom stereocenters. The van der Waals surface area contributed by atoms with Crippen LogP contribution in [-0.2, 0) is 0 Å². The molecule has 1 aromatic carbocycles. The quantitative estimate of drug-likeness (QED) is 0.708. The molecule has 4 heteroatoms. The number of rotatable bonds is 7. The lowest BCUT2D eigenvalue weighted by Gasteiger charge is -2.16. The van der Waals surface area contributed by atoms with E-state index in [1.807, 2.05) is 30.5 Å². The highest BCUT2D eigenvalue weighted by Crippen LogP contribution is 2.41. The molecule has 0 amide bonds. The van der Waals surface area contributed by atoms with Gasteiger partial charge in [0.1, 0.15) is 6.29 Å². The van der Waals surface area contributed by atoms with Gasteiger partial charge in [-0.3, -0.25) is 4.79 Å². The van der Waals surface area contributed by atoms with E-state index in [2.05, 4.69) is 6.92 Å². The molecule has 0 bridgehead atoms. The minimum absolute atomic E-state index is 0.536. The van der Waals surface area contributed by atoms with Crippen molar-refractivity contribution >= 4 is 17.6 Å². The fourth-order valence-corrected chi connectivity index (χ4v) is 2.66. The molecule has 0 saturated heterocycles. The Balaban J connectivity index is 2.54. The van der Waals surface area contributed by atoms with Gasteiger partial charge < -0.3 is 9.47 Å². The van der Waals surface area contributed by atoms with Gasteiger partial charge in [-0.2, -0.15) is 0 Å². The summed E-state index contributed by atoms with van der Waals surface area (Å²) in [6.45, 7) is 5.14. The molecule has 3 nitrogen and oxygen atoms in total. The molecule has 0 unspecified atom stereocenters. The Morgan fingerprint density at radius 1 is 1.25 bits per heavy atom. The van der Waals surface area contributed by atoms with E-state index in [1.54, 1.807) is 17.4 Å². The summed E-state index contributed by atoms with van der Waals surface area (Å²) in [6, 6.07) is 7.59. The summed E-state index contributed by atoms with van der Waals surface area (Å²) < 4.78 is 11.5. The van der Waals surface area contributed by atoms with E-state index in [-0.39, 0.29) is 0 Å². The standard InChI is InChI=1S/C16H18O3S/c1-3-7-19-16-13(15-6-5-8-20-15)9-12(11-17)10-14(16)18-4-2/h5-6,8-11H,3-4,7H2,1-2H3. The predicted molar refractivity (Wildman–Crippen MR) is 82.1 cm³/mol. The highest BCUT2D eigenvalue weighted by Gasteiger charge is 2.15. The van der Waals surface area contributed by atoms with Crippen LogP contribution in [0.5, 0.6) is 11.5 Å². The van der Waals surface area contributed by atoms with Gasteiger partial charge in [0, 0.05) is 16.0 Å². The largest absolute Gasteiger partial charge is 0.490 e. The predicted octanol–water partition coefficient (Wildman–Crippen LogP) is 4.42. The highest BCUT2D eigenvalue weighted by atomic mass is 32.1. The second-order valence-electron chi connectivity index (χ2n) is 4.27. The summed E-state index contributed by atoms with van der Waals surface area (Å²) in [7, 11) is 0. The van der Waals surface area contributed by atoms with Crippen LogP contribution in [0.1, 0.15) is 30.6 Å². The zero-order valence-electron chi connectivity index (χ0n) is 11.7. The number of aldehydes is 1. The van der Waals surface area contributed by atoms with E-state index < -0.39 is 0 Å². The molecule has 2 aromatic rings. The molecule has 0 aliphatic rings. The van der Waals surface area contributed by atoms with E-state index in [0.717, 1.165) is 28.9 Å². The second-order valence-corrected chi connectivity index (χ2v) is 5.22. The summed E-state index contributed by atoms with van der Waals surface area (Å²) >= 11 is 1.62. The number of thiophene rings is 1. The highest BCUT2D eigenvalue weighted by molar-refractivity contribution is 7.13. The first-order chi connectivity index (χ1) is 9.80. The van der Waals surface area contributed by atoms with E-state index in [0.29, 0.717) is 24.5 Å². The summed E-state index contributed by atoms with van der Waals surface area (Å²) in [5.74, 6) is 1.36. The van der Waals surface area contributed by atoms with Crippen molar-refractivity contribution in [2.24, 2.45) is 0 Å². The van der Waals surface area contributed by atoms with Crippen LogP contribution >= 0.6 is 11.3 Å². The number of hydrogen-bond donors (Lipinski definition) is 0. The van der Waals surface area contributed by atoms with Crippen molar-refractivity contribution in [3.05, 3.63) is 35.2 Å². The van der Waals surface area contributed by atoms with Crippen LogP contribution in [0.2, 0.25) is 0 Å². The van der Waals surface area contributed by atoms with Crippen molar-refractivity contribution in [1.29, 1.82) is 0 Å². The van der Waals surface area contributed by atoms with Crippen LogP contribution in [0.15, 0.2) is 29.6 Å². The van der Waals surface area contributed by atoms with Crippen LogP contribution in [0.3, 0.4) is 0 Å². The van der Waals surface area contributed by atoms with Gasteiger partial charge in [0.25, 0.3) is 0 Å². The first-order valence-electron chi connectivity index (χ1n) is 6.72. The SMILES string of the molecule is CCCOc1c(OCC)cc(C=O)cc1-c1cccs1. The lowest BCUT2D eigenvalue weighted by Crippen LogP contribution is -2.02. The topological polar surface area (TPSA) is 35.5 Å². The monoisotopic (exact) mass is 290 g/mol. The fourth-order valence-electron chi connectivity index (χ4n) is 1.92. The molecule has 1 aromatic heterocycles. The van der Waals surface area contributed by atoms with E-state index in [9.17, 15) is 4.79 Å². The summed E-state index contributed by atoms with van der Waals surface area (Å²) in [5.41, 5.74) is 1.52. The van der Waals surface area contributed by atoms with Crippen molar-refractivity contribution in [3.8, 4) is 21.9 Å². The molecule has 0 saturated carbocycles. The third-order valence-electron chi connectivity index (χ3n) is 2.75. The Kier molecular flexibility index (Phi) is 5.18. The number of carbonyl (C=O) groups excluding carboxylic acids is 1. The average molecular weight is 290 g/mol. The van der Waals surface area contributed by atoms with Gasteiger partial charge in [-0.1, -0.05) is 13.0 Å². The molecule has 0 aliphatic heterocycles. The third-order valence-corrected chi connectivity index (χ3v) is 3.65. The summed E-state index contributed by atoms with van der Waals surface area (Å²) in [6.07, 6.45) is 1.76. The van der Waals surface area contributed by atoms with Gasteiger partial charge in [-0.15, -0.1) is 11.3 Å². The normalized spacial score (nSPS) is 10.3. The van der Waals surface area contributed by atoms with Gasteiger partial charge in [0.15, 0.2) is 11.5 Å². The Bertz CT molecular complexity index is 561. The first-order valence-corrected chi connectivity index (χ1v) is 7.60. The van der Waals surface area contributed by atoms with E-state index in [4.69, 9.17) is 9.47 Å². The van der Waals surface area contributed by atoms with Crippen molar-refractivity contribution in [2.75, 3.05) is 13.2 Å². The minimum atomic E-state index is 0.536. The Morgan fingerprint density at radius 3 is 2.70 bits per heavy atom. The Morgan fingerprint density at radius 2 is 2.10 bits per heavy atom. The first kappa shape index (κ1) is 14.6. The van der Waals surface area contributed by atoms with Crippen molar-refractivity contribution in [1.82, 2.24) is 0 Å². The zero-order valence-corrected chi connectivity index (χ0v) is 12.5.